The number of benzene rings is 1. The molecule has 2 aliphatic heterocycles. The molecule has 2 saturated heterocycles. The van der Waals surface area contributed by atoms with E-state index in [1.165, 1.54) is 0 Å². The van der Waals surface area contributed by atoms with E-state index >= 15 is 0 Å². The predicted molar refractivity (Wildman–Crippen MR) is 95.6 cm³/mol. The van der Waals surface area contributed by atoms with Crippen molar-refractivity contribution in [1.29, 1.82) is 0 Å². The quantitative estimate of drug-likeness (QED) is 0.798. The van der Waals surface area contributed by atoms with Gasteiger partial charge in [-0.3, -0.25) is 9.69 Å². The molecule has 1 N–H and O–H groups in total. The molecule has 0 aliphatic carbocycles. The maximum atomic E-state index is 12.5. The molecule has 26 heavy (non-hydrogen) atoms. The lowest BCUT2D eigenvalue weighted by Gasteiger charge is -2.37. The number of para-hydroxylation sites is 1. The van der Waals surface area contributed by atoms with Crippen LogP contribution in [0.2, 0.25) is 0 Å². The van der Waals surface area contributed by atoms with E-state index in [9.17, 15) is 4.79 Å². The summed E-state index contributed by atoms with van der Waals surface area (Å²) in [4.78, 5) is 14.9. The number of hydrogen-bond acceptors (Lipinski definition) is 6. The molecule has 8 nitrogen and oxygen atoms in total. The van der Waals surface area contributed by atoms with Crippen LogP contribution in [-0.2, 0) is 20.8 Å². The summed E-state index contributed by atoms with van der Waals surface area (Å²) in [6.07, 6.45) is 1.05. The van der Waals surface area contributed by atoms with Gasteiger partial charge in [-0.25, -0.2) is 4.68 Å². The number of ether oxygens (including phenoxy) is 2. The Morgan fingerprint density at radius 2 is 2.08 bits per heavy atom. The predicted octanol–water partition coefficient (Wildman–Crippen LogP) is 0.285. The molecular formula is C18H25N5O3. The highest BCUT2D eigenvalue weighted by molar-refractivity contribution is 5.79. The summed E-state index contributed by atoms with van der Waals surface area (Å²) >= 11 is 0. The van der Waals surface area contributed by atoms with Crippen LogP contribution in [0.1, 0.15) is 6.42 Å². The highest BCUT2D eigenvalue weighted by atomic mass is 16.5. The average Bonchev–Trinajstić information content (AvgIpc) is 3.34. The Hall–Kier alpha value is -2.03. The van der Waals surface area contributed by atoms with Gasteiger partial charge in [-0.1, -0.05) is 17.3 Å². The number of hydrogen-bond donors (Lipinski definition) is 1. The van der Waals surface area contributed by atoms with Crippen molar-refractivity contribution >= 4 is 16.9 Å². The molecule has 0 radical (unpaired) electrons. The molecule has 2 aromatic rings. The molecule has 2 atom stereocenters. The van der Waals surface area contributed by atoms with Crippen LogP contribution in [0.25, 0.3) is 11.0 Å². The molecule has 8 heteroatoms. The highest BCUT2D eigenvalue weighted by Crippen LogP contribution is 2.21. The zero-order valence-corrected chi connectivity index (χ0v) is 14.8. The summed E-state index contributed by atoms with van der Waals surface area (Å²) in [5, 5.41) is 11.3. The van der Waals surface area contributed by atoms with Gasteiger partial charge < -0.3 is 14.8 Å². The molecule has 140 valence electrons. The van der Waals surface area contributed by atoms with Gasteiger partial charge in [-0.2, -0.15) is 0 Å². The largest absolute Gasteiger partial charge is 0.381 e. The maximum Gasteiger partial charge on any atom is 0.241 e. The normalized spacial score (nSPS) is 22.5. The lowest BCUT2D eigenvalue weighted by molar-refractivity contribution is -0.122. The van der Waals surface area contributed by atoms with E-state index in [1.54, 1.807) is 4.68 Å². The van der Waals surface area contributed by atoms with Crippen molar-refractivity contribution in [1.82, 2.24) is 25.2 Å². The molecule has 2 fully saturated rings. The van der Waals surface area contributed by atoms with E-state index in [0.717, 1.165) is 57.0 Å². The molecule has 1 amide bonds. The third-order valence-corrected chi connectivity index (χ3v) is 5.25. The monoisotopic (exact) mass is 359 g/mol. The Labute approximate surface area is 152 Å². The first-order chi connectivity index (χ1) is 12.8. The van der Waals surface area contributed by atoms with Gasteiger partial charge in [0.15, 0.2) is 0 Å². The molecule has 0 saturated carbocycles. The van der Waals surface area contributed by atoms with Gasteiger partial charge in [-0.05, 0) is 18.6 Å². The van der Waals surface area contributed by atoms with Crippen LogP contribution in [0.4, 0.5) is 0 Å². The minimum atomic E-state index is -0.0437. The number of amides is 1. The minimum Gasteiger partial charge on any atom is -0.381 e. The second kappa shape index (κ2) is 8.11. The van der Waals surface area contributed by atoms with E-state index in [-0.39, 0.29) is 18.5 Å². The number of fused-ring (bicyclic) bond motifs is 1. The average molecular weight is 359 g/mol. The van der Waals surface area contributed by atoms with Crippen molar-refractivity contribution < 1.29 is 14.3 Å². The SMILES string of the molecule is O=C(Cn1nnc2ccccc21)NCC(C1CCOC1)N1CCOCC1. The standard InChI is InChI=1S/C18H25N5O3/c24-18(12-23-16-4-2-1-3-15(16)20-21-23)19-11-17(14-5-8-26-13-14)22-6-9-25-10-7-22/h1-4,14,17H,5-13H2,(H,19,24). The Bertz CT molecular complexity index is 737. The smallest absolute Gasteiger partial charge is 0.241 e. The third-order valence-electron chi connectivity index (χ3n) is 5.25. The lowest BCUT2D eigenvalue weighted by Crippen LogP contribution is -2.52. The van der Waals surface area contributed by atoms with Crippen molar-refractivity contribution in [3.8, 4) is 0 Å². The van der Waals surface area contributed by atoms with Gasteiger partial charge in [0.05, 0.1) is 25.3 Å². The highest BCUT2D eigenvalue weighted by Gasteiger charge is 2.31. The minimum absolute atomic E-state index is 0.0437. The summed E-state index contributed by atoms with van der Waals surface area (Å²) in [5.41, 5.74) is 1.67. The van der Waals surface area contributed by atoms with E-state index in [2.05, 4.69) is 20.5 Å². The van der Waals surface area contributed by atoms with E-state index in [4.69, 9.17) is 9.47 Å². The number of aromatic nitrogens is 3. The Balaban J connectivity index is 1.37. The fourth-order valence-corrected chi connectivity index (χ4v) is 3.80. The van der Waals surface area contributed by atoms with Crippen molar-refractivity contribution in [2.45, 2.75) is 19.0 Å². The van der Waals surface area contributed by atoms with E-state index in [0.29, 0.717) is 12.5 Å². The fraction of sp³-hybridized carbons (Fsp3) is 0.611. The number of carbonyl (C=O) groups is 1. The third kappa shape index (κ3) is 3.87. The van der Waals surface area contributed by atoms with Gasteiger partial charge in [0.1, 0.15) is 12.1 Å². The van der Waals surface area contributed by atoms with Gasteiger partial charge in [0.2, 0.25) is 5.91 Å². The number of carbonyl (C=O) groups excluding carboxylic acids is 1. The summed E-state index contributed by atoms with van der Waals surface area (Å²) in [7, 11) is 0. The first kappa shape index (κ1) is 17.4. The second-order valence-electron chi connectivity index (χ2n) is 6.88. The maximum absolute atomic E-state index is 12.5. The van der Waals surface area contributed by atoms with Crippen LogP contribution in [0.5, 0.6) is 0 Å². The Morgan fingerprint density at radius 3 is 2.88 bits per heavy atom. The zero-order valence-electron chi connectivity index (χ0n) is 14.8. The van der Waals surface area contributed by atoms with Crippen molar-refractivity contribution in [2.24, 2.45) is 5.92 Å². The summed E-state index contributed by atoms with van der Waals surface area (Å²) < 4.78 is 12.7. The molecule has 1 aromatic heterocycles. The summed E-state index contributed by atoms with van der Waals surface area (Å²) in [5.74, 6) is 0.415. The number of nitrogens with zero attached hydrogens (tertiary/aromatic N) is 4. The first-order valence-electron chi connectivity index (χ1n) is 9.26. The van der Waals surface area contributed by atoms with Crippen LogP contribution in [-0.4, -0.2) is 77.9 Å². The van der Waals surface area contributed by atoms with E-state index in [1.807, 2.05) is 24.3 Å². The molecule has 0 spiro atoms. The molecule has 1 aromatic carbocycles. The number of morpholine rings is 1. The molecule has 2 aliphatic rings. The van der Waals surface area contributed by atoms with Gasteiger partial charge in [0, 0.05) is 38.2 Å². The number of rotatable bonds is 6. The Kier molecular flexibility index (Phi) is 5.42. The summed E-state index contributed by atoms with van der Waals surface area (Å²) in [6, 6.07) is 7.95. The number of nitrogens with one attached hydrogen (secondary N) is 1. The van der Waals surface area contributed by atoms with Crippen molar-refractivity contribution in [3.63, 3.8) is 0 Å². The van der Waals surface area contributed by atoms with Crippen LogP contribution >= 0.6 is 0 Å². The van der Waals surface area contributed by atoms with Crippen LogP contribution in [0.3, 0.4) is 0 Å². The van der Waals surface area contributed by atoms with Crippen molar-refractivity contribution in [3.05, 3.63) is 24.3 Å². The molecule has 3 heterocycles. The first-order valence-corrected chi connectivity index (χ1v) is 9.26. The fourth-order valence-electron chi connectivity index (χ4n) is 3.80. The van der Waals surface area contributed by atoms with Crippen LogP contribution in [0, 0.1) is 5.92 Å². The van der Waals surface area contributed by atoms with Crippen LogP contribution in [0.15, 0.2) is 24.3 Å². The lowest BCUT2D eigenvalue weighted by atomic mass is 9.97. The Morgan fingerprint density at radius 1 is 1.23 bits per heavy atom. The van der Waals surface area contributed by atoms with Gasteiger partial charge in [-0.15, -0.1) is 5.10 Å². The molecular weight excluding hydrogens is 334 g/mol. The molecule has 0 bridgehead atoms. The topological polar surface area (TPSA) is 81.5 Å². The van der Waals surface area contributed by atoms with Crippen LogP contribution < -0.4 is 5.32 Å². The van der Waals surface area contributed by atoms with Gasteiger partial charge in [0.25, 0.3) is 0 Å². The van der Waals surface area contributed by atoms with Crippen molar-refractivity contribution in [2.75, 3.05) is 46.1 Å². The molecule has 2 unspecified atom stereocenters. The zero-order chi connectivity index (χ0) is 17.8. The van der Waals surface area contributed by atoms with E-state index < -0.39 is 0 Å². The van der Waals surface area contributed by atoms with Gasteiger partial charge >= 0.3 is 0 Å². The summed E-state index contributed by atoms with van der Waals surface area (Å²) in [6.45, 7) is 5.70. The second-order valence-corrected chi connectivity index (χ2v) is 6.88. The molecule has 4 rings (SSSR count).